The van der Waals surface area contributed by atoms with Gasteiger partial charge in [0.05, 0.1) is 36.9 Å². The monoisotopic (exact) mass is 549 g/mol. The Hall–Kier alpha value is -1.86. The van der Waals surface area contributed by atoms with E-state index in [2.05, 4.69) is 10.0 Å². The number of aryl methyl sites for hydroxylation is 1. The molecule has 4 rings (SSSR count). The first-order valence-electron chi connectivity index (χ1n) is 9.28. The minimum Gasteiger partial charge on any atom is -0.475 e. The van der Waals surface area contributed by atoms with E-state index < -0.39 is 21.3 Å². The number of sulfonamides is 1. The molecule has 3 heterocycles. The Labute approximate surface area is 187 Å². The molecule has 2 N–H and O–H groups in total. The molecule has 0 saturated carbocycles. The van der Waals surface area contributed by atoms with Crippen LogP contribution in [0.2, 0.25) is 0 Å². The second-order valence-electron chi connectivity index (χ2n) is 7.95. The van der Waals surface area contributed by atoms with Gasteiger partial charge < -0.3 is 14.8 Å². The highest BCUT2D eigenvalue weighted by Gasteiger charge is 2.39. The summed E-state index contributed by atoms with van der Waals surface area (Å²) >= 11 is 2.01. The highest BCUT2D eigenvalue weighted by Crippen LogP contribution is 2.38. The summed E-state index contributed by atoms with van der Waals surface area (Å²) < 4.78 is 55.7. The van der Waals surface area contributed by atoms with Crippen LogP contribution >= 0.6 is 22.6 Å². The third-order valence-corrected chi connectivity index (χ3v) is 7.24. The van der Waals surface area contributed by atoms with Gasteiger partial charge in [0, 0.05) is 15.1 Å². The lowest BCUT2D eigenvalue weighted by Gasteiger charge is -2.37. The average molecular weight is 549 g/mol. The van der Waals surface area contributed by atoms with Crippen LogP contribution in [0, 0.1) is 21.7 Å². The maximum absolute atomic E-state index is 14.6. The lowest BCUT2D eigenvalue weighted by atomic mass is 9.92. The van der Waals surface area contributed by atoms with Crippen molar-refractivity contribution in [3.8, 4) is 5.88 Å². The van der Waals surface area contributed by atoms with Crippen LogP contribution < -0.4 is 20.3 Å². The van der Waals surface area contributed by atoms with Crippen molar-refractivity contribution in [1.29, 1.82) is 0 Å². The first-order chi connectivity index (χ1) is 14.1. The number of aromatic nitrogens is 1. The van der Waals surface area contributed by atoms with Crippen molar-refractivity contribution in [2.75, 3.05) is 35.6 Å². The van der Waals surface area contributed by atoms with Crippen molar-refractivity contribution >= 4 is 49.7 Å². The van der Waals surface area contributed by atoms with E-state index in [0.717, 1.165) is 3.57 Å². The Morgan fingerprint density at radius 2 is 2.00 bits per heavy atom. The summed E-state index contributed by atoms with van der Waals surface area (Å²) in [5.41, 5.74) is 0.166. The van der Waals surface area contributed by atoms with Gasteiger partial charge >= 0.3 is 0 Å². The van der Waals surface area contributed by atoms with E-state index >= 15 is 0 Å². The Morgan fingerprint density at radius 1 is 1.27 bits per heavy atom. The normalized spacial score (nSPS) is 17.1. The molecule has 1 fully saturated rings. The molecule has 0 aliphatic carbocycles. The number of hydrogen-bond donors (Lipinski definition) is 2. The fraction of sp³-hybridized carbons (Fsp3) is 0.421. The van der Waals surface area contributed by atoms with Crippen LogP contribution in [0.1, 0.15) is 12.5 Å². The van der Waals surface area contributed by atoms with Gasteiger partial charge in [0.2, 0.25) is 15.9 Å². The topological polar surface area (TPSA) is 98.7 Å². The first kappa shape index (κ1) is 21.4. The standard InChI is InChI=1S/C19H21FIN3O5S/c1-11-5-12(21)6-13(20)16(11)22-14-7-15(25)24-3-4-29-18(24)17(14)23-30(26,27)10-19(2)8-28-9-19/h5-7,22-23H,3-4,8-10H2,1-2H3. The zero-order chi connectivity index (χ0) is 21.7. The average Bonchev–Trinajstić information content (AvgIpc) is 3.09. The molecule has 8 nitrogen and oxygen atoms in total. The van der Waals surface area contributed by atoms with Crippen LogP contribution in [0.15, 0.2) is 23.0 Å². The third-order valence-electron chi connectivity index (χ3n) is 5.02. The maximum atomic E-state index is 14.6. The van der Waals surface area contributed by atoms with E-state index in [1.54, 1.807) is 13.0 Å². The minimum atomic E-state index is -3.79. The molecule has 0 unspecified atom stereocenters. The Balaban J connectivity index is 1.76. The number of ether oxygens (including phenoxy) is 2. The van der Waals surface area contributed by atoms with E-state index in [1.165, 1.54) is 16.7 Å². The van der Waals surface area contributed by atoms with Gasteiger partial charge in [-0.2, -0.15) is 0 Å². The van der Waals surface area contributed by atoms with Crippen molar-refractivity contribution in [3.63, 3.8) is 0 Å². The van der Waals surface area contributed by atoms with Gasteiger partial charge in [-0.15, -0.1) is 0 Å². The molecule has 0 bridgehead atoms. The molecular weight excluding hydrogens is 528 g/mol. The molecule has 11 heteroatoms. The summed E-state index contributed by atoms with van der Waals surface area (Å²) in [6.07, 6.45) is 0. The van der Waals surface area contributed by atoms with Crippen LogP contribution in [-0.4, -0.2) is 38.6 Å². The second kappa shape index (κ2) is 7.68. The summed E-state index contributed by atoms with van der Waals surface area (Å²) in [6, 6.07) is 4.39. The molecule has 0 radical (unpaired) electrons. The van der Waals surface area contributed by atoms with Gasteiger partial charge in [-0.25, -0.2) is 12.8 Å². The number of benzene rings is 1. The van der Waals surface area contributed by atoms with Crippen LogP contribution in [0.3, 0.4) is 0 Å². The molecule has 0 spiro atoms. The fourth-order valence-electron chi connectivity index (χ4n) is 3.60. The second-order valence-corrected chi connectivity index (χ2v) is 10.9. The van der Waals surface area contributed by atoms with Crippen LogP contribution in [0.4, 0.5) is 21.5 Å². The Bertz CT molecular complexity index is 1150. The summed E-state index contributed by atoms with van der Waals surface area (Å²) in [7, 11) is -3.79. The predicted octanol–water partition coefficient (Wildman–Crippen LogP) is 2.81. The molecule has 2 aromatic rings. The third kappa shape index (κ3) is 4.14. The molecule has 2 aliphatic heterocycles. The molecule has 1 aromatic heterocycles. The zero-order valence-electron chi connectivity index (χ0n) is 16.4. The lowest BCUT2D eigenvalue weighted by molar-refractivity contribution is -0.0869. The summed E-state index contributed by atoms with van der Waals surface area (Å²) in [4.78, 5) is 12.5. The molecule has 0 amide bonds. The largest absolute Gasteiger partial charge is 0.475 e. The van der Waals surface area contributed by atoms with Crippen molar-refractivity contribution in [1.82, 2.24) is 4.57 Å². The number of fused-ring (bicyclic) bond motifs is 1. The van der Waals surface area contributed by atoms with E-state index in [-0.39, 0.29) is 40.9 Å². The van der Waals surface area contributed by atoms with Crippen molar-refractivity contribution in [2.24, 2.45) is 5.41 Å². The molecular formula is C19H21FIN3O5S. The molecule has 2 aliphatic rings. The zero-order valence-corrected chi connectivity index (χ0v) is 19.4. The first-order valence-corrected chi connectivity index (χ1v) is 12.0. The molecule has 30 heavy (non-hydrogen) atoms. The summed E-state index contributed by atoms with van der Waals surface area (Å²) in [6.45, 7) is 4.83. The van der Waals surface area contributed by atoms with Gasteiger partial charge in [-0.1, -0.05) is 6.92 Å². The molecule has 1 aromatic carbocycles. The van der Waals surface area contributed by atoms with Crippen molar-refractivity contribution < 1.29 is 22.3 Å². The van der Waals surface area contributed by atoms with E-state index in [9.17, 15) is 17.6 Å². The molecule has 0 atom stereocenters. The number of pyridine rings is 1. The highest BCUT2D eigenvalue weighted by molar-refractivity contribution is 14.1. The quantitative estimate of drug-likeness (QED) is 0.538. The lowest BCUT2D eigenvalue weighted by Crippen LogP contribution is -2.46. The molecule has 1 saturated heterocycles. The highest BCUT2D eigenvalue weighted by atomic mass is 127. The number of hydrogen-bond acceptors (Lipinski definition) is 6. The van der Waals surface area contributed by atoms with Crippen molar-refractivity contribution in [3.05, 3.63) is 43.5 Å². The van der Waals surface area contributed by atoms with Crippen LogP contribution in [0.5, 0.6) is 5.88 Å². The van der Waals surface area contributed by atoms with Gasteiger partial charge in [-0.3, -0.25) is 14.1 Å². The smallest absolute Gasteiger partial charge is 0.255 e. The maximum Gasteiger partial charge on any atom is 0.255 e. The molecule has 162 valence electrons. The number of nitrogens with one attached hydrogen (secondary N) is 2. The SMILES string of the molecule is Cc1cc(I)cc(F)c1Nc1cc(=O)n2c(c1NS(=O)(=O)CC1(C)COC1)OCC2. The fourth-order valence-corrected chi connectivity index (χ4v) is 6.00. The summed E-state index contributed by atoms with van der Waals surface area (Å²) in [5.74, 6) is -0.532. The Morgan fingerprint density at radius 3 is 2.63 bits per heavy atom. The van der Waals surface area contributed by atoms with E-state index in [4.69, 9.17) is 9.47 Å². The van der Waals surface area contributed by atoms with E-state index in [1.807, 2.05) is 29.5 Å². The number of nitrogens with zero attached hydrogens (tertiary/aromatic N) is 1. The van der Waals surface area contributed by atoms with Gasteiger partial charge in [0.1, 0.15) is 18.1 Å². The minimum absolute atomic E-state index is 0.0910. The number of anilines is 3. The Kier molecular flexibility index (Phi) is 5.47. The van der Waals surface area contributed by atoms with Crippen LogP contribution in [-0.2, 0) is 21.3 Å². The van der Waals surface area contributed by atoms with Crippen molar-refractivity contribution in [2.45, 2.75) is 20.4 Å². The predicted molar refractivity (Wildman–Crippen MR) is 120 cm³/mol. The van der Waals surface area contributed by atoms with Gasteiger partial charge in [0.15, 0.2) is 0 Å². The van der Waals surface area contributed by atoms with Crippen LogP contribution in [0.25, 0.3) is 0 Å². The van der Waals surface area contributed by atoms with Gasteiger partial charge in [-0.05, 0) is 47.2 Å². The van der Waals surface area contributed by atoms with Gasteiger partial charge in [0.25, 0.3) is 5.56 Å². The number of halogens is 2. The number of rotatable bonds is 6. The van der Waals surface area contributed by atoms with E-state index in [0.29, 0.717) is 25.3 Å². The summed E-state index contributed by atoms with van der Waals surface area (Å²) in [5, 5.41) is 2.90.